The third kappa shape index (κ3) is 2.99. The highest BCUT2D eigenvalue weighted by Crippen LogP contribution is 2.24. The van der Waals surface area contributed by atoms with E-state index in [0.717, 1.165) is 14.7 Å². The standard InChI is InChI=1S/C17H15IN2O2/c1-10(2)17-20-14-9-11(7-8-15(14)22-17)19-16(21)12-5-3-4-6-13(12)18/h3-10H,1-2H3,(H,19,21). The number of hydrogen-bond acceptors (Lipinski definition) is 3. The monoisotopic (exact) mass is 406 g/mol. The van der Waals surface area contributed by atoms with Gasteiger partial charge in [0, 0.05) is 15.2 Å². The van der Waals surface area contributed by atoms with E-state index in [-0.39, 0.29) is 11.8 Å². The third-order valence-electron chi connectivity index (χ3n) is 3.27. The number of carbonyl (C=O) groups excluding carboxylic acids is 1. The molecule has 22 heavy (non-hydrogen) atoms. The summed E-state index contributed by atoms with van der Waals surface area (Å²) in [5.41, 5.74) is 2.85. The first-order valence-electron chi connectivity index (χ1n) is 7.01. The van der Waals surface area contributed by atoms with E-state index in [1.165, 1.54) is 0 Å². The Bertz CT molecular complexity index is 840. The summed E-state index contributed by atoms with van der Waals surface area (Å²) in [4.78, 5) is 16.8. The van der Waals surface area contributed by atoms with Crippen LogP contribution in [-0.4, -0.2) is 10.9 Å². The molecule has 0 unspecified atom stereocenters. The molecule has 4 nitrogen and oxygen atoms in total. The van der Waals surface area contributed by atoms with Gasteiger partial charge in [-0.05, 0) is 52.9 Å². The first kappa shape index (κ1) is 15.0. The Morgan fingerprint density at radius 1 is 1.23 bits per heavy atom. The molecular weight excluding hydrogens is 391 g/mol. The molecule has 1 amide bonds. The Morgan fingerprint density at radius 3 is 2.73 bits per heavy atom. The van der Waals surface area contributed by atoms with E-state index >= 15 is 0 Å². The zero-order chi connectivity index (χ0) is 15.7. The third-order valence-corrected chi connectivity index (χ3v) is 4.22. The number of benzene rings is 2. The van der Waals surface area contributed by atoms with Crippen LogP contribution >= 0.6 is 22.6 Å². The highest BCUT2D eigenvalue weighted by molar-refractivity contribution is 14.1. The molecule has 3 aromatic rings. The SMILES string of the molecule is CC(C)c1nc2cc(NC(=O)c3ccccc3I)ccc2o1. The van der Waals surface area contributed by atoms with Crippen LogP contribution < -0.4 is 5.32 Å². The van der Waals surface area contributed by atoms with Gasteiger partial charge in [-0.25, -0.2) is 4.98 Å². The molecule has 0 fully saturated rings. The Labute approximate surface area is 142 Å². The topological polar surface area (TPSA) is 55.1 Å². The summed E-state index contributed by atoms with van der Waals surface area (Å²) >= 11 is 2.15. The fourth-order valence-corrected chi connectivity index (χ4v) is 2.75. The van der Waals surface area contributed by atoms with E-state index < -0.39 is 0 Å². The van der Waals surface area contributed by atoms with Gasteiger partial charge >= 0.3 is 0 Å². The van der Waals surface area contributed by atoms with Crippen molar-refractivity contribution < 1.29 is 9.21 Å². The minimum Gasteiger partial charge on any atom is -0.440 e. The molecule has 0 bridgehead atoms. The summed E-state index contributed by atoms with van der Waals surface area (Å²) in [6.45, 7) is 4.06. The van der Waals surface area contributed by atoms with Crippen molar-refractivity contribution in [1.82, 2.24) is 4.98 Å². The number of oxazole rings is 1. The molecule has 1 N–H and O–H groups in total. The summed E-state index contributed by atoms with van der Waals surface area (Å²) < 4.78 is 6.59. The zero-order valence-corrected chi connectivity index (χ0v) is 14.4. The van der Waals surface area contributed by atoms with Crippen LogP contribution in [0.3, 0.4) is 0 Å². The predicted octanol–water partition coefficient (Wildman–Crippen LogP) is 4.81. The largest absolute Gasteiger partial charge is 0.440 e. The highest BCUT2D eigenvalue weighted by Gasteiger charge is 2.12. The number of fused-ring (bicyclic) bond motifs is 1. The maximum Gasteiger partial charge on any atom is 0.256 e. The van der Waals surface area contributed by atoms with Crippen LogP contribution in [0.4, 0.5) is 5.69 Å². The van der Waals surface area contributed by atoms with Gasteiger partial charge in [0.25, 0.3) is 5.91 Å². The number of rotatable bonds is 3. The van der Waals surface area contributed by atoms with Gasteiger partial charge in [0.15, 0.2) is 11.5 Å². The lowest BCUT2D eigenvalue weighted by atomic mass is 10.2. The molecule has 0 saturated carbocycles. The van der Waals surface area contributed by atoms with E-state index in [0.29, 0.717) is 17.1 Å². The van der Waals surface area contributed by atoms with Gasteiger partial charge in [-0.2, -0.15) is 0 Å². The number of halogens is 1. The van der Waals surface area contributed by atoms with E-state index in [1.807, 2.05) is 56.3 Å². The molecule has 112 valence electrons. The number of aromatic nitrogens is 1. The number of nitrogens with zero attached hydrogens (tertiary/aromatic N) is 1. The average Bonchev–Trinajstić information content (AvgIpc) is 2.91. The van der Waals surface area contributed by atoms with Crippen molar-refractivity contribution in [3.05, 3.63) is 57.5 Å². The van der Waals surface area contributed by atoms with Crippen LogP contribution in [0.5, 0.6) is 0 Å². The van der Waals surface area contributed by atoms with Crippen molar-refractivity contribution in [2.45, 2.75) is 19.8 Å². The van der Waals surface area contributed by atoms with Crippen molar-refractivity contribution >= 4 is 45.3 Å². The quantitative estimate of drug-likeness (QED) is 0.636. The van der Waals surface area contributed by atoms with Crippen LogP contribution in [0.25, 0.3) is 11.1 Å². The van der Waals surface area contributed by atoms with Crippen molar-refractivity contribution in [3.8, 4) is 0 Å². The lowest BCUT2D eigenvalue weighted by Gasteiger charge is -2.06. The van der Waals surface area contributed by atoms with Gasteiger partial charge in [-0.1, -0.05) is 26.0 Å². The number of nitrogens with one attached hydrogen (secondary N) is 1. The summed E-state index contributed by atoms with van der Waals surface area (Å²) in [6, 6.07) is 13.0. The number of hydrogen-bond donors (Lipinski definition) is 1. The molecule has 0 aliphatic rings. The molecule has 0 atom stereocenters. The van der Waals surface area contributed by atoms with E-state index in [1.54, 1.807) is 0 Å². The highest BCUT2D eigenvalue weighted by atomic mass is 127. The summed E-state index contributed by atoms with van der Waals surface area (Å²) in [6.07, 6.45) is 0. The van der Waals surface area contributed by atoms with E-state index in [9.17, 15) is 4.79 Å². The normalized spacial score (nSPS) is 11.1. The lowest BCUT2D eigenvalue weighted by Crippen LogP contribution is -2.13. The van der Waals surface area contributed by atoms with Gasteiger partial charge in [-0.3, -0.25) is 4.79 Å². The Kier molecular flexibility index (Phi) is 4.15. The van der Waals surface area contributed by atoms with Crippen LogP contribution in [0.2, 0.25) is 0 Å². The van der Waals surface area contributed by atoms with Crippen molar-refractivity contribution in [3.63, 3.8) is 0 Å². The second-order valence-corrected chi connectivity index (χ2v) is 6.49. The molecular formula is C17H15IN2O2. The number of anilines is 1. The van der Waals surface area contributed by atoms with Gasteiger partial charge in [0.05, 0.1) is 5.56 Å². The van der Waals surface area contributed by atoms with Crippen LogP contribution in [0.1, 0.15) is 36.0 Å². The van der Waals surface area contributed by atoms with Crippen LogP contribution in [-0.2, 0) is 0 Å². The number of amides is 1. The smallest absolute Gasteiger partial charge is 0.256 e. The molecule has 0 aliphatic carbocycles. The van der Waals surface area contributed by atoms with E-state index in [2.05, 4.69) is 32.9 Å². The van der Waals surface area contributed by atoms with Gasteiger partial charge < -0.3 is 9.73 Å². The lowest BCUT2D eigenvalue weighted by molar-refractivity contribution is 0.102. The fourth-order valence-electron chi connectivity index (χ4n) is 2.11. The van der Waals surface area contributed by atoms with E-state index in [4.69, 9.17) is 4.42 Å². The van der Waals surface area contributed by atoms with Gasteiger partial charge in [0.2, 0.25) is 0 Å². The fraction of sp³-hybridized carbons (Fsp3) is 0.176. The van der Waals surface area contributed by atoms with Crippen molar-refractivity contribution in [1.29, 1.82) is 0 Å². The first-order chi connectivity index (χ1) is 10.5. The molecule has 1 heterocycles. The number of carbonyl (C=O) groups is 1. The summed E-state index contributed by atoms with van der Waals surface area (Å²) in [5.74, 6) is 0.810. The molecule has 0 spiro atoms. The molecule has 0 saturated heterocycles. The summed E-state index contributed by atoms with van der Waals surface area (Å²) in [7, 11) is 0. The average molecular weight is 406 g/mol. The van der Waals surface area contributed by atoms with Gasteiger partial charge in [-0.15, -0.1) is 0 Å². The molecule has 1 aromatic heterocycles. The zero-order valence-electron chi connectivity index (χ0n) is 12.3. The summed E-state index contributed by atoms with van der Waals surface area (Å²) in [5, 5.41) is 2.90. The maximum absolute atomic E-state index is 12.3. The Morgan fingerprint density at radius 2 is 2.00 bits per heavy atom. The van der Waals surface area contributed by atoms with Crippen molar-refractivity contribution in [2.75, 3.05) is 5.32 Å². The Hall–Kier alpha value is -1.89. The molecule has 0 aliphatic heterocycles. The van der Waals surface area contributed by atoms with Crippen LogP contribution in [0.15, 0.2) is 46.9 Å². The maximum atomic E-state index is 12.3. The predicted molar refractivity (Wildman–Crippen MR) is 95.2 cm³/mol. The minimum atomic E-state index is -0.128. The minimum absolute atomic E-state index is 0.128. The Balaban J connectivity index is 1.88. The second kappa shape index (κ2) is 6.08. The molecule has 0 radical (unpaired) electrons. The molecule has 5 heteroatoms. The van der Waals surface area contributed by atoms with Gasteiger partial charge in [0.1, 0.15) is 5.52 Å². The molecule has 3 rings (SSSR count). The van der Waals surface area contributed by atoms with Crippen molar-refractivity contribution in [2.24, 2.45) is 0 Å². The van der Waals surface area contributed by atoms with Crippen LogP contribution in [0, 0.1) is 3.57 Å². The second-order valence-electron chi connectivity index (χ2n) is 5.32. The first-order valence-corrected chi connectivity index (χ1v) is 8.09. The molecule has 2 aromatic carbocycles.